The van der Waals surface area contributed by atoms with Gasteiger partial charge in [0.25, 0.3) is 0 Å². The number of carbonyl (C=O) groups excluding carboxylic acids is 2. The van der Waals surface area contributed by atoms with Gasteiger partial charge in [-0.15, -0.1) is 0 Å². The number of carbonyl (C=O) groups is 2. The van der Waals surface area contributed by atoms with Crippen LogP contribution in [0, 0.1) is 5.92 Å². The molecule has 1 atom stereocenters. The molecular formula is C14H16N4O4. The first-order valence-corrected chi connectivity index (χ1v) is 6.56. The van der Waals surface area contributed by atoms with Crippen LogP contribution >= 0.6 is 0 Å². The maximum absolute atomic E-state index is 11.6. The molecule has 1 fully saturated rings. The Balaban J connectivity index is 1.81. The fourth-order valence-electron chi connectivity index (χ4n) is 1.93. The average Bonchev–Trinajstić information content (AvgIpc) is 2.78. The van der Waals surface area contributed by atoms with Crippen molar-refractivity contribution in [2.75, 3.05) is 0 Å². The minimum atomic E-state index is -0.434. The molecule has 0 saturated carbocycles. The maximum atomic E-state index is 11.6. The lowest BCUT2D eigenvalue weighted by Gasteiger charge is -2.05. The number of phenolic OH excluding ortho intramolecular Hbond substituents is 2. The second-order valence-corrected chi connectivity index (χ2v) is 4.77. The number of benzene rings is 1. The summed E-state index contributed by atoms with van der Waals surface area (Å²) in [5.74, 6) is -1.22. The first-order chi connectivity index (χ1) is 10.5. The molecule has 2 amide bonds. The fraction of sp³-hybridized carbons (Fsp3) is 0.214. The Morgan fingerprint density at radius 1 is 1.41 bits per heavy atom. The fourth-order valence-corrected chi connectivity index (χ4v) is 1.93. The van der Waals surface area contributed by atoms with E-state index >= 15 is 0 Å². The third-order valence-corrected chi connectivity index (χ3v) is 3.15. The van der Waals surface area contributed by atoms with Gasteiger partial charge >= 0.3 is 0 Å². The van der Waals surface area contributed by atoms with Crippen LogP contribution in [0.25, 0.3) is 0 Å². The highest BCUT2D eigenvalue weighted by Gasteiger charge is 2.27. The molecule has 116 valence electrons. The van der Waals surface area contributed by atoms with E-state index in [0.29, 0.717) is 17.7 Å². The average molecular weight is 304 g/mol. The zero-order valence-electron chi connectivity index (χ0n) is 11.7. The lowest BCUT2D eigenvalue weighted by molar-refractivity contribution is -0.123. The number of amides is 2. The molecule has 0 aromatic heterocycles. The number of nitrogens with zero attached hydrogens (tertiary/aromatic N) is 1. The number of phenols is 2. The van der Waals surface area contributed by atoms with E-state index in [2.05, 4.69) is 28.0 Å². The van der Waals surface area contributed by atoms with Crippen LogP contribution in [-0.2, 0) is 9.59 Å². The molecule has 1 heterocycles. The van der Waals surface area contributed by atoms with E-state index < -0.39 is 5.92 Å². The largest absolute Gasteiger partial charge is 0.508 e. The lowest BCUT2D eigenvalue weighted by atomic mass is 10.0. The maximum Gasteiger partial charge on any atom is 0.247 e. The molecule has 1 unspecified atom stereocenters. The van der Waals surface area contributed by atoms with Gasteiger partial charge in [-0.05, 0) is 18.6 Å². The SMILES string of the molecule is C=C1NNC(=O)C1CCC(=O)NN=Cc1ccc(O)cc1O. The highest BCUT2D eigenvalue weighted by molar-refractivity contribution is 5.86. The molecule has 1 aliphatic rings. The summed E-state index contributed by atoms with van der Waals surface area (Å²) < 4.78 is 0. The molecule has 8 heteroatoms. The second-order valence-electron chi connectivity index (χ2n) is 4.77. The number of hydrazine groups is 1. The van der Waals surface area contributed by atoms with Gasteiger partial charge in [-0.25, -0.2) is 5.43 Å². The smallest absolute Gasteiger partial charge is 0.247 e. The second kappa shape index (κ2) is 6.61. The van der Waals surface area contributed by atoms with Crippen molar-refractivity contribution in [3.8, 4) is 11.5 Å². The molecule has 8 nitrogen and oxygen atoms in total. The number of aromatic hydroxyl groups is 2. The molecule has 2 rings (SSSR count). The van der Waals surface area contributed by atoms with Crippen molar-refractivity contribution in [3.05, 3.63) is 36.0 Å². The van der Waals surface area contributed by atoms with E-state index in [1.807, 2.05) is 0 Å². The molecule has 1 saturated heterocycles. The zero-order chi connectivity index (χ0) is 16.1. The van der Waals surface area contributed by atoms with E-state index in [-0.39, 0.29) is 29.7 Å². The van der Waals surface area contributed by atoms with E-state index in [0.717, 1.165) is 0 Å². The summed E-state index contributed by atoms with van der Waals surface area (Å²) in [7, 11) is 0. The Hall–Kier alpha value is -3.03. The molecular weight excluding hydrogens is 288 g/mol. The van der Waals surface area contributed by atoms with Gasteiger partial charge in [0.15, 0.2) is 0 Å². The third kappa shape index (κ3) is 3.75. The first-order valence-electron chi connectivity index (χ1n) is 6.56. The van der Waals surface area contributed by atoms with Gasteiger partial charge in [0.2, 0.25) is 11.8 Å². The van der Waals surface area contributed by atoms with Gasteiger partial charge in [-0.2, -0.15) is 5.10 Å². The van der Waals surface area contributed by atoms with Gasteiger partial charge in [0.05, 0.1) is 12.1 Å². The van der Waals surface area contributed by atoms with Crippen LogP contribution < -0.4 is 16.3 Å². The number of rotatable bonds is 5. The van der Waals surface area contributed by atoms with Crippen molar-refractivity contribution in [1.82, 2.24) is 16.3 Å². The first kappa shape index (κ1) is 15.4. The Bertz CT molecular complexity index is 626. The van der Waals surface area contributed by atoms with Crippen LogP contribution in [0.15, 0.2) is 35.6 Å². The molecule has 5 N–H and O–H groups in total. The van der Waals surface area contributed by atoms with Crippen LogP contribution in [0.1, 0.15) is 18.4 Å². The predicted octanol–water partition coefficient (Wildman–Crippen LogP) is 0.0924. The molecule has 1 aliphatic heterocycles. The van der Waals surface area contributed by atoms with Crippen LogP contribution in [0.2, 0.25) is 0 Å². The molecule has 22 heavy (non-hydrogen) atoms. The van der Waals surface area contributed by atoms with Crippen molar-refractivity contribution >= 4 is 18.0 Å². The standard InChI is InChI=1S/C14H16N4O4/c1-8-11(14(22)18-16-8)4-5-13(21)17-15-7-9-2-3-10(19)6-12(9)20/h2-3,6-7,11,16,19-20H,1,4-5H2,(H,17,21)(H,18,22). The van der Waals surface area contributed by atoms with Gasteiger partial charge < -0.3 is 15.6 Å². The zero-order valence-corrected chi connectivity index (χ0v) is 11.7. The van der Waals surface area contributed by atoms with Gasteiger partial charge in [0, 0.05) is 23.7 Å². The molecule has 1 aromatic carbocycles. The monoisotopic (exact) mass is 304 g/mol. The van der Waals surface area contributed by atoms with E-state index in [1.54, 1.807) is 0 Å². The highest BCUT2D eigenvalue weighted by Crippen LogP contribution is 2.20. The van der Waals surface area contributed by atoms with Crippen molar-refractivity contribution < 1.29 is 19.8 Å². The normalized spacial score (nSPS) is 17.4. The number of hydrogen-bond donors (Lipinski definition) is 5. The number of hydrazone groups is 1. The number of nitrogens with one attached hydrogen (secondary N) is 3. The Kier molecular flexibility index (Phi) is 4.62. The van der Waals surface area contributed by atoms with Crippen molar-refractivity contribution in [2.45, 2.75) is 12.8 Å². The summed E-state index contributed by atoms with van der Waals surface area (Å²) in [4.78, 5) is 23.1. The highest BCUT2D eigenvalue weighted by atomic mass is 16.3. The van der Waals surface area contributed by atoms with E-state index in [4.69, 9.17) is 5.11 Å². The molecule has 0 bridgehead atoms. The van der Waals surface area contributed by atoms with Crippen LogP contribution in [0.5, 0.6) is 11.5 Å². The lowest BCUT2D eigenvalue weighted by Crippen LogP contribution is -2.26. The minimum Gasteiger partial charge on any atom is -0.508 e. The minimum absolute atomic E-state index is 0.0673. The van der Waals surface area contributed by atoms with Gasteiger partial charge in [-0.3, -0.25) is 15.0 Å². The van der Waals surface area contributed by atoms with Crippen LogP contribution in [0.3, 0.4) is 0 Å². The van der Waals surface area contributed by atoms with E-state index in [9.17, 15) is 14.7 Å². The summed E-state index contributed by atoms with van der Waals surface area (Å²) in [6.07, 6.45) is 1.69. The Morgan fingerprint density at radius 3 is 2.82 bits per heavy atom. The third-order valence-electron chi connectivity index (χ3n) is 3.15. The van der Waals surface area contributed by atoms with Crippen LogP contribution in [-0.4, -0.2) is 28.2 Å². The summed E-state index contributed by atoms with van der Waals surface area (Å²) in [5.41, 5.74) is 8.23. The summed E-state index contributed by atoms with van der Waals surface area (Å²) in [6, 6.07) is 4.01. The van der Waals surface area contributed by atoms with Gasteiger partial charge in [0.1, 0.15) is 11.5 Å². The summed E-state index contributed by atoms with van der Waals surface area (Å²) >= 11 is 0. The predicted molar refractivity (Wildman–Crippen MR) is 78.7 cm³/mol. The van der Waals surface area contributed by atoms with Crippen molar-refractivity contribution in [3.63, 3.8) is 0 Å². The Labute approximate surface area is 126 Å². The number of hydrogen-bond acceptors (Lipinski definition) is 6. The van der Waals surface area contributed by atoms with Crippen LogP contribution in [0.4, 0.5) is 0 Å². The van der Waals surface area contributed by atoms with Crippen molar-refractivity contribution in [2.24, 2.45) is 11.0 Å². The molecule has 0 spiro atoms. The summed E-state index contributed by atoms with van der Waals surface area (Å²) in [5, 5.41) is 22.4. The molecule has 0 radical (unpaired) electrons. The Morgan fingerprint density at radius 2 is 2.18 bits per heavy atom. The summed E-state index contributed by atoms with van der Waals surface area (Å²) in [6.45, 7) is 3.68. The van der Waals surface area contributed by atoms with E-state index in [1.165, 1.54) is 24.4 Å². The van der Waals surface area contributed by atoms with Gasteiger partial charge in [-0.1, -0.05) is 6.58 Å². The topological polar surface area (TPSA) is 123 Å². The molecule has 1 aromatic rings. The van der Waals surface area contributed by atoms with Crippen molar-refractivity contribution in [1.29, 1.82) is 0 Å². The molecule has 0 aliphatic carbocycles. The quantitative estimate of drug-likeness (QED) is 0.390.